The molecule has 2 aromatic carbocycles. The Bertz CT molecular complexity index is 921. The molecule has 1 aliphatic rings. The monoisotopic (exact) mass is 438 g/mol. The molecule has 0 spiro atoms. The van der Waals surface area contributed by atoms with Gasteiger partial charge >= 0.3 is 0 Å². The molecule has 0 radical (unpaired) electrons. The summed E-state index contributed by atoms with van der Waals surface area (Å²) in [5.41, 5.74) is 2.53. The minimum absolute atomic E-state index is 0.118. The first-order valence-corrected chi connectivity index (χ1v) is 11.4. The molecule has 1 aliphatic heterocycles. The fourth-order valence-corrected chi connectivity index (χ4v) is 4.02. The molecule has 32 heavy (non-hydrogen) atoms. The van der Waals surface area contributed by atoms with Gasteiger partial charge in [-0.1, -0.05) is 26.0 Å². The number of likely N-dealkylation sites (N-methyl/N-ethyl adjacent to an activating group) is 1. The van der Waals surface area contributed by atoms with Crippen LogP contribution in [-0.2, 0) is 0 Å². The maximum absolute atomic E-state index is 13.1. The summed E-state index contributed by atoms with van der Waals surface area (Å²) in [6, 6.07) is 12.6. The van der Waals surface area contributed by atoms with Gasteiger partial charge in [-0.2, -0.15) is 0 Å². The Morgan fingerprint density at radius 1 is 1.00 bits per heavy atom. The van der Waals surface area contributed by atoms with Crippen LogP contribution in [0.25, 0.3) is 0 Å². The molecule has 1 fully saturated rings. The molecule has 2 N–H and O–H groups in total. The maximum atomic E-state index is 13.1. The standard InChI is InChI=1S/C25H34N4O3/c1-4-28(5-2)17-14-26-24(30)21-18-19(12-13-22(21)29-15-8-9-16-29)27-25(31)20-10-6-7-11-23(20)32-3/h6-7,10-13,18H,4-5,8-9,14-17H2,1-3H3,(H,26,30)(H,27,31). The second-order valence-electron chi connectivity index (χ2n) is 7.86. The van der Waals surface area contributed by atoms with E-state index in [4.69, 9.17) is 4.74 Å². The molecule has 1 saturated heterocycles. The number of rotatable bonds is 10. The number of carbonyl (C=O) groups is 2. The summed E-state index contributed by atoms with van der Waals surface area (Å²) in [7, 11) is 1.54. The summed E-state index contributed by atoms with van der Waals surface area (Å²) in [6.07, 6.45) is 2.24. The lowest BCUT2D eigenvalue weighted by atomic mass is 10.1. The van der Waals surface area contributed by atoms with Crippen molar-refractivity contribution in [2.45, 2.75) is 26.7 Å². The largest absolute Gasteiger partial charge is 0.496 e. The normalized spacial score (nSPS) is 13.3. The Morgan fingerprint density at radius 3 is 2.41 bits per heavy atom. The number of ether oxygens (including phenoxy) is 1. The predicted molar refractivity (Wildman–Crippen MR) is 129 cm³/mol. The van der Waals surface area contributed by atoms with Crippen molar-refractivity contribution in [2.24, 2.45) is 0 Å². The fourth-order valence-electron chi connectivity index (χ4n) is 4.02. The van der Waals surface area contributed by atoms with Crippen LogP contribution in [0.2, 0.25) is 0 Å². The van der Waals surface area contributed by atoms with E-state index in [1.165, 1.54) is 7.11 Å². The quantitative estimate of drug-likeness (QED) is 0.593. The van der Waals surface area contributed by atoms with Gasteiger partial charge in [0.2, 0.25) is 0 Å². The van der Waals surface area contributed by atoms with Gasteiger partial charge in [0.1, 0.15) is 5.75 Å². The number of anilines is 2. The molecule has 0 saturated carbocycles. The highest BCUT2D eigenvalue weighted by Gasteiger charge is 2.21. The van der Waals surface area contributed by atoms with Crippen molar-refractivity contribution in [1.29, 1.82) is 0 Å². The van der Waals surface area contributed by atoms with E-state index in [0.29, 0.717) is 29.1 Å². The second kappa shape index (κ2) is 11.5. The minimum Gasteiger partial charge on any atom is -0.496 e. The van der Waals surface area contributed by atoms with Crippen molar-refractivity contribution in [3.05, 3.63) is 53.6 Å². The van der Waals surface area contributed by atoms with Gasteiger partial charge in [0.05, 0.1) is 18.2 Å². The van der Waals surface area contributed by atoms with Crippen LogP contribution in [0.1, 0.15) is 47.4 Å². The average molecular weight is 439 g/mol. The van der Waals surface area contributed by atoms with Crippen molar-refractivity contribution < 1.29 is 14.3 Å². The molecule has 7 heteroatoms. The molecule has 0 unspecified atom stereocenters. The molecule has 1 heterocycles. The van der Waals surface area contributed by atoms with E-state index in [0.717, 1.165) is 51.3 Å². The van der Waals surface area contributed by atoms with E-state index < -0.39 is 0 Å². The topological polar surface area (TPSA) is 73.9 Å². The Labute approximate surface area is 190 Å². The highest BCUT2D eigenvalue weighted by atomic mass is 16.5. The highest BCUT2D eigenvalue weighted by Crippen LogP contribution is 2.28. The van der Waals surface area contributed by atoms with E-state index in [-0.39, 0.29) is 11.8 Å². The number of para-hydroxylation sites is 1. The number of amides is 2. The molecule has 0 atom stereocenters. The van der Waals surface area contributed by atoms with Gasteiger partial charge in [0.15, 0.2) is 0 Å². The van der Waals surface area contributed by atoms with Crippen molar-refractivity contribution in [3.8, 4) is 5.75 Å². The fraction of sp³-hybridized carbons (Fsp3) is 0.440. The van der Waals surface area contributed by atoms with E-state index >= 15 is 0 Å². The van der Waals surface area contributed by atoms with E-state index in [9.17, 15) is 9.59 Å². The van der Waals surface area contributed by atoms with Crippen molar-refractivity contribution in [1.82, 2.24) is 10.2 Å². The van der Waals surface area contributed by atoms with Crippen molar-refractivity contribution in [3.63, 3.8) is 0 Å². The van der Waals surface area contributed by atoms with Crippen LogP contribution in [0, 0.1) is 0 Å². The number of nitrogens with zero attached hydrogens (tertiary/aromatic N) is 2. The van der Waals surface area contributed by atoms with Gasteiger partial charge in [-0.15, -0.1) is 0 Å². The van der Waals surface area contributed by atoms with Crippen LogP contribution >= 0.6 is 0 Å². The van der Waals surface area contributed by atoms with E-state index in [1.807, 2.05) is 18.2 Å². The molecule has 2 amide bonds. The molecule has 7 nitrogen and oxygen atoms in total. The van der Waals surface area contributed by atoms with Crippen LogP contribution in [0.15, 0.2) is 42.5 Å². The molecule has 0 aromatic heterocycles. The molecule has 0 bridgehead atoms. The van der Waals surface area contributed by atoms with Gasteiger partial charge < -0.3 is 25.2 Å². The Balaban J connectivity index is 1.79. The summed E-state index contributed by atoms with van der Waals surface area (Å²) in [5, 5.41) is 5.97. The molecule has 2 aromatic rings. The number of methoxy groups -OCH3 is 1. The Morgan fingerprint density at radius 2 is 1.72 bits per heavy atom. The van der Waals surface area contributed by atoms with E-state index in [2.05, 4.69) is 34.3 Å². The summed E-state index contributed by atoms with van der Waals surface area (Å²) in [6.45, 7) is 9.40. The predicted octanol–water partition coefficient (Wildman–Crippen LogP) is 3.62. The van der Waals surface area contributed by atoms with Crippen LogP contribution < -0.4 is 20.3 Å². The lowest BCUT2D eigenvalue weighted by molar-refractivity contribution is 0.0948. The molecule has 0 aliphatic carbocycles. The van der Waals surface area contributed by atoms with Crippen molar-refractivity contribution >= 4 is 23.2 Å². The number of hydrogen-bond acceptors (Lipinski definition) is 5. The SMILES string of the molecule is CCN(CC)CCNC(=O)c1cc(NC(=O)c2ccccc2OC)ccc1N1CCCC1. The van der Waals surface area contributed by atoms with Crippen molar-refractivity contribution in [2.75, 3.05) is 56.6 Å². The zero-order valence-corrected chi connectivity index (χ0v) is 19.3. The lowest BCUT2D eigenvalue weighted by Crippen LogP contribution is -2.35. The third-order valence-electron chi connectivity index (χ3n) is 5.91. The Hall–Kier alpha value is -3.06. The first kappa shape index (κ1) is 23.6. The summed E-state index contributed by atoms with van der Waals surface area (Å²) < 4.78 is 5.30. The molecular formula is C25H34N4O3. The first-order valence-electron chi connectivity index (χ1n) is 11.4. The van der Waals surface area contributed by atoms with E-state index in [1.54, 1.807) is 24.3 Å². The zero-order valence-electron chi connectivity index (χ0n) is 19.3. The molecule has 3 rings (SSSR count). The minimum atomic E-state index is -0.274. The lowest BCUT2D eigenvalue weighted by Gasteiger charge is -2.23. The zero-order chi connectivity index (χ0) is 22.9. The summed E-state index contributed by atoms with van der Waals surface area (Å²) >= 11 is 0. The number of nitrogens with one attached hydrogen (secondary N) is 2. The number of benzene rings is 2. The molecule has 172 valence electrons. The summed E-state index contributed by atoms with van der Waals surface area (Å²) in [5.74, 6) is 0.116. The third kappa shape index (κ3) is 5.79. The van der Waals surface area contributed by atoms with Gasteiger partial charge in [0, 0.05) is 37.6 Å². The van der Waals surface area contributed by atoms with Gasteiger partial charge in [-0.3, -0.25) is 9.59 Å². The smallest absolute Gasteiger partial charge is 0.259 e. The number of carbonyl (C=O) groups excluding carboxylic acids is 2. The highest BCUT2D eigenvalue weighted by molar-refractivity contribution is 6.07. The third-order valence-corrected chi connectivity index (χ3v) is 5.91. The Kier molecular flexibility index (Phi) is 8.50. The summed E-state index contributed by atoms with van der Waals surface area (Å²) in [4.78, 5) is 30.4. The molecular weight excluding hydrogens is 404 g/mol. The number of hydrogen-bond donors (Lipinski definition) is 2. The van der Waals surface area contributed by atoms with Crippen LogP contribution in [0.5, 0.6) is 5.75 Å². The average Bonchev–Trinajstić information content (AvgIpc) is 3.36. The van der Waals surface area contributed by atoms with Crippen LogP contribution in [0.3, 0.4) is 0 Å². The first-order chi connectivity index (χ1) is 15.6. The maximum Gasteiger partial charge on any atom is 0.259 e. The van der Waals surface area contributed by atoms with Gasteiger partial charge in [-0.25, -0.2) is 0 Å². The second-order valence-corrected chi connectivity index (χ2v) is 7.86. The van der Waals surface area contributed by atoms with Gasteiger partial charge in [-0.05, 0) is 56.3 Å². The van der Waals surface area contributed by atoms with Crippen LogP contribution in [-0.4, -0.2) is 63.1 Å². The van der Waals surface area contributed by atoms with Crippen LogP contribution in [0.4, 0.5) is 11.4 Å². The van der Waals surface area contributed by atoms with Gasteiger partial charge in [0.25, 0.3) is 11.8 Å².